The summed E-state index contributed by atoms with van der Waals surface area (Å²) in [5.74, 6) is 0.560. The lowest BCUT2D eigenvalue weighted by molar-refractivity contribution is 0.373. The number of hydrogen-bond acceptors (Lipinski definition) is 9. The van der Waals surface area contributed by atoms with Crippen molar-refractivity contribution in [1.29, 1.82) is 0 Å². The van der Waals surface area contributed by atoms with Crippen molar-refractivity contribution >= 4 is 38.3 Å². The fraction of sp³-hybridized carbons (Fsp3) is 0.158. The van der Waals surface area contributed by atoms with Crippen LogP contribution in [0.25, 0.3) is 22.4 Å². The van der Waals surface area contributed by atoms with Crippen LogP contribution in [-0.4, -0.2) is 39.9 Å². The Morgan fingerprint density at radius 3 is 2.33 bits per heavy atom. The van der Waals surface area contributed by atoms with Crippen molar-refractivity contribution in [2.75, 3.05) is 26.1 Å². The van der Waals surface area contributed by atoms with Gasteiger partial charge < -0.3 is 18.7 Å². The molecule has 3 aromatic heterocycles. The summed E-state index contributed by atoms with van der Waals surface area (Å²) in [6.07, 6.45) is 0. The average molecular weight is 447 g/mol. The number of sulfonamides is 1. The van der Waals surface area contributed by atoms with E-state index in [-0.39, 0.29) is 27.9 Å². The van der Waals surface area contributed by atoms with E-state index in [2.05, 4.69) is 14.9 Å². The number of nitrogens with one attached hydrogen (secondary N) is 1. The van der Waals surface area contributed by atoms with Crippen LogP contribution in [0, 0.1) is 0 Å². The maximum Gasteiger partial charge on any atom is 0.270 e. The zero-order chi connectivity index (χ0) is 21.3. The summed E-state index contributed by atoms with van der Waals surface area (Å²) < 4.78 is 49.9. The molecule has 156 valence electrons. The second-order valence-corrected chi connectivity index (χ2v) is 8.43. The van der Waals surface area contributed by atoms with Crippen LogP contribution < -0.4 is 18.9 Å². The predicted molar refractivity (Wildman–Crippen MR) is 112 cm³/mol. The fourth-order valence-corrected chi connectivity index (χ4v) is 4.95. The molecule has 0 fully saturated rings. The molecule has 0 bridgehead atoms. The van der Waals surface area contributed by atoms with Gasteiger partial charge in [0.05, 0.1) is 27.0 Å². The summed E-state index contributed by atoms with van der Waals surface area (Å²) in [7, 11) is 0.0767. The van der Waals surface area contributed by atoms with Gasteiger partial charge in [-0.2, -0.15) is 11.3 Å². The minimum Gasteiger partial charge on any atom is -0.496 e. The minimum atomic E-state index is -4.14. The van der Waals surface area contributed by atoms with Gasteiger partial charge in [-0.1, -0.05) is 11.2 Å². The highest BCUT2D eigenvalue weighted by Crippen LogP contribution is 2.38. The number of hydrogen-bond donors (Lipinski definition) is 1. The third kappa shape index (κ3) is 3.42. The van der Waals surface area contributed by atoms with Crippen LogP contribution in [0.4, 0.5) is 5.82 Å². The summed E-state index contributed by atoms with van der Waals surface area (Å²) in [6.45, 7) is 0. The molecule has 0 radical (unpaired) electrons. The second kappa shape index (κ2) is 7.84. The Morgan fingerprint density at radius 2 is 1.73 bits per heavy atom. The van der Waals surface area contributed by atoms with Crippen molar-refractivity contribution in [1.82, 2.24) is 10.1 Å². The average Bonchev–Trinajstić information content (AvgIpc) is 3.42. The van der Waals surface area contributed by atoms with Crippen LogP contribution in [0.3, 0.4) is 0 Å². The molecule has 30 heavy (non-hydrogen) atoms. The monoisotopic (exact) mass is 447 g/mol. The van der Waals surface area contributed by atoms with Crippen molar-refractivity contribution < 1.29 is 27.2 Å². The van der Waals surface area contributed by atoms with Crippen LogP contribution >= 0.6 is 11.3 Å². The molecule has 9 nitrogen and oxygen atoms in total. The number of pyridine rings is 1. The van der Waals surface area contributed by atoms with Gasteiger partial charge in [-0.25, -0.2) is 13.4 Å². The third-order valence-corrected chi connectivity index (χ3v) is 6.41. The number of nitrogens with zero attached hydrogens (tertiary/aromatic N) is 2. The normalized spacial score (nSPS) is 11.4. The Kier molecular flexibility index (Phi) is 5.22. The van der Waals surface area contributed by atoms with Gasteiger partial charge in [0.1, 0.15) is 22.6 Å². The highest BCUT2D eigenvalue weighted by molar-refractivity contribution is 7.93. The summed E-state index contributed by atoms with van der Waals surface area (Å²) in [5.41, 5.74) is 1.65. The number of fused-ring (bicyclic) bond motifs is 1. The summed E-state index contributed by atoms with van der Waals surface area (Å²) in [5, 5.41) is 8.02. The van der Waals surface area contributed by atoms with Gasteiger partial charge in [0.15, 0.2) is 10.7 Å². The number of thiophene rings is 1. The molecule has 11 heteroatoms. The molecule has 4 rings (SSSR count). The lowest BCUT2D eigenvalue weighted by Gasteiger charge is -2.14. The first kappa shape index (κ1) is 20.0. The zero-order valence-corrected chi connectivity index (χ0v) is 17.8. The van der Waals surface area contributed by atoms with Crippen LogP contribution in [0.2, 0.25) is 0 Å². The van der Waals surface area contributed by atoms with E-state index in [1.165, 1.54) is 44.8 Å². The molecule has 0 aliphatic heterocycles. The van der Waals surface area contributed by atoms with Gasteiger partial charge in [-0.3, -0.25) is 4.72 Å². The summed E-state index contributed by atoms with van der Waals surface area (Å²) in [6, 6.07) is 8.27. The number of aromatic nitrogens is 2. The molecular weight excluding hydrogens is 430 g/mol. The second-order valence-electron chi connectivity index (χ2n) is 6.03. The summed E-state index contributed by atoms with van der Waals surface area (Å²) in [4.78, 5) is 4.27. The first-order valence-electron chi connectivity index (χ1n) is 8.59. The van der Waals surface area contributed by atoms with Gasteiger partial charge in [0, 0.05) is 17.0 Å². The van der Waals surface area contributed by atoms with Gasteiger partial charge in [0.2, 0.25) is 0 Å². The molecule has 4 aromatic rings. The molecule has 1 N–H and O–H groups in total. The molecule has 0 unspecified atom stereocenters. The van der Waals surface area contributed by atoms with Crippen LogP contribution in [0.1, 0.15) is 0 Å². The van der Waals surface area contributed by atoms with E-state index in [0.717, 1.165) is 5.56 Å². The lowest BCUT2D eigenvalue weighted by atomic mass is 10.2. The van der Waals surface area contributed by atoms with E-state index < -0.39 is 10.0 Å². The Balaban J connectivity index is 1.82. The van der Waals surface area contributed by atoms with Crippen LogP contribution in [0.15, 0.2) is 50.5 Å². The molecular formula is C19H17N3O6S2. The lowest BCUT2D eigenvalue weighted by Crippen LogP contribution is -2.15. The highest BCUT2D eigenvalue weighted by Gasteiger charge is 2.28. The van der Waals surface area contributed by atoms with Gasteiger partial charge in [0.25, 0.3) is 15.7 Å². The van der Waals surface area contributed by atoms with E-state index >= 15 is 0 Å². The molecule has 0 amide bonds. The molecule has 0 saturated carbocycles. The number of rotatable bonds is 7. The Morgan fingerprint density at radius 1 is 1.03 bits per heavy atom. The Labute approximate surface area is 176 Å². The third-order valence-electron chi connectivity index (χ3n) is 4.33. The van der Waals surface area contributed by atoms with Gasteiger partial charge in [-0.05, 0) is 23.6 Å². The van der Waals surface area contributed by atoms with Gasteiger partial charge in [-0.15, -0.1) is 0 Å². The van der Waals surface area contributed by atoms with E-state index in [1.54, 1.807) is 12.1 Å². The van der Waals surface area contributed by atoms with Crippen molar-refractivity contribution in [3.8, 4) is 28.5 Å². The van der Waals surface area contributed by atoms with Crippen molar-refractivity contribution in [3.05, 3.63) is 41.1 Å². The number of ether oxygens (including phenoxy) is 3. The number of methoxy groups -OCH3 is 3. The fourth-order valence-electron chi connectivity index (χ4n) is 2.97. The van der Waals surface area contributed by atoms with Crippen molar-refractivity contribution in [3.63, 3.8) is 0 Å². The molecule has 3 heterocycles. The highest BCUT2D eigenvalue weighted by atomic mass is 32.2. The standard InChI is InChI=1S/C19H17N3O6S2/c1-25-13-5-4-6-14(26-2)17(13)30(23,24)22-18-16-15(27-3)9-12(11-7-8-29-10-11)20-19(16)28-21-18/h4-10H,1-3H3,(H,21,22). The first-order chi connectivity index (χ1) is 14.5. The number of benzene rings is 1. The topological polar surface area (TPSA) is 113 Å². The van der Waals surface area contributed by atoms with Gasteiger partial charge >= 0.3 is 0 Å². The molecule has 0 atom stereocenters. The first-order valence-corrected chi connectivity index (χ1v) is 11.0. The van der Waals surface area contributed by atoms with E-state index in [1.807, 2.05) is 16.8 Å². The van der Waals surface area contributed by atoms with E-state index in [0.29, 0.717) is 16.8 Å². The molecule has 1 aromatic carbocycles. The molecule has 0 saturated heterocycles. The SMILES string of the molecule is COc1cccc(OC)c1S(=O)(=O)Nc1noc2nc(-c3ccsc3)cc(OC)c12. The zero-order valence-electron chi connectivity index (χ0n) is 16.2. The molecule has 0 aliphatic rings. The van der Waals surface area contributed by atoms with Crippen molar-refractivity contribution in [2.24, 2.45) is 0 Å². The largest absolute Gasteiger partial charge is 0.496 e. The minimum absolute atomic E-state index is 0.0563. The summed E-state index contributed by atoms with van der Waals surface area (Å²) >= 11 is 1.53. The predicted octanol–water partition coefficient (Wildman–Crippen LogP) is 3.78. The van der Waals surface area contributed by atoms with Crippen LogP contribution in [0.5, 0.6) is 17.2 Å². The van der Waals surface area contributed by atoms with E-state index in [9.17, 15) is 8.42 Å². The Bertz CT molecular complexity index is 1280. The van der Waals surface area contributed by atoms with Crippen LogP contribution in [-0.2, 0) is 10.0 Å². The van der Waals surface area contributed by atoms with E-state index in [4.69, 9.17) is 18.7 Å². The maximum atomic E-state index is 13.1. The quantitative estimate of drug-likeness (QED) is 0.455. The maximum absolute atomic E-state index is 13.1. The molecule has 0 spiro atoms. The number of anilines is 1. The molecule has 0 aliphatic carbocycles. The Hall–Kier alpha value is -3.31. The van der Waals surface area contributed by atoms with Crippen molar-refractivity contribution in [2.45, 2.75) is 4.90 Å². The smallest absolute Gasteiger partial charge is 0.270 e.